The standard InChI is InChI=1S/C24H36O/c1-17(2)18-6-8-21-19(16-18)7-9-22-23(3,12-5-13-24(21,22)4)20-10-14-25-15-11-20/h6,8,16-17,20,22H,5,7,9-15H2,1-4H3/t22-,23+,24+/m0/s1. The van der Waals surface area contributed by atoms with Gasteiger partial charge in [-0.15, -0.1) is 0 Å². The fourth-order valence-electron chi connectivity index (χ4n) is 6.77. The quantitative estimate of drug-likeness (QED) is 0.618. The molecule has 138 valence electrons. The first-order chi connectivity index (χ1) is 11.9. The molecule has 3 atom stereocenters. The van der Waals surface area contributed by atoms with E-state index in [1.165, 1.54) is 50.5 Å². The van der Waals surface area contributed by atoms with E-state index in [1.54, 1.807) is 11.1 Å². The maximum Gasteiger partial charge on any atom is 0.0468 e. The fourth-order valence-corrected chi connectivity index (χ4v) is 6.77. The van der Waals surface area contributed by atoms with Crippen LogP contribution in [0, 0.1) is 17.3 Å². The van der Waals surface area contributed by atoms with E-state index in [0.29, 0.717) is 16.7 Å². The van der Waals surface area contributed by atoms with E-state index in [1.807, 2.05) is 0 Å². The van der Waals surface area contributed by atoms with Crippen molar-refractivity contribution in [2.75, 3.05) is 13.2 Å². The lowest BCUT2D eigenvalue weighted by molar-refractivity contribution is -0.0642. The van der Waals surface area contributed by atoms with Crippen molar-refractivity contribution in [3.8, 4) is 0 Å². The Morgan fingerprint density at radius 1 is 1.04 bits per heavy atom. The number of ether oxygens (including phenoxy) is 1. The van der Waals surface area contributed by atoms with Crippen molar-refractivity contribution >= 4 is 0 Å². The molecule has 4 rings (SSSR count). The average molecular weight is 341 g/mol. The van der Waals surface area contributed by atoms with Crippen LogP contribution in [0.3, 0.4) is 0 Å². The number of benzene rings is 1. The Balaban J connectivity index is 1.71. The highest BCUT2D eigenvalue weighted by Crippen LogP contribution is 2.61. The molecule has 1 saturated heterocycles. The van der Waals surface area contributed by atoms with Gasteiger partial charge in [-0.05, 0) is 83.8 Å². The maximum absolute atomic E-state index is 5.69. The molecule has 0 radical (unpaired) electrons. The molecular formula is C24H36O. The molecule has 0 aromatic heterocycles. The predicted octanol–water partition coefficient (Wildman–Crippen LogP) is 6.25. The molecule has 1 heterocycles. The van der Waals surface area contributed by atoms with Crippen LogP contribution in [0.25, 0.3) is 0 Å². The van der Waals surface area contributed by atoms with Gasteiger partial charge in [0.05, 0.1) is 0 Å². The molecule has 2 fully saturated rings. The van der Waals surface area contributed by atoms with Crippen molar-refractivity contribution in [2.45, 2.75) is 84.0 Å². The number of aryl methyl sites for hydroxylation is 1. The third-order valence-electron chi connectivity index (χ3n) is 8.24. The van der Waals surface area contributed by atoms with Gasteiger partial charge in [0.2, 0.25) is 0 Å². The smallest absolute Gasteiger partial charge is 0.0468 e. The Labute approximate surface area is 154 Å². The molecule has 0 bridgehead atoms. The van der Waals surface area contributed by atoms with E-state index in [9.17, 15) is 0 Å². The van der Waals surface area contributed by atoms with Crippen molar-refractivity contribution in [3.05, 3.63) is 34.9 Å². The largest absolute Gasteiger partial charge is 0.381 e. The minimum Gasteiger partial charge on any atom is -0.381 e. The van der Waals surface area contributed by atoms with Crippen molar-refractivity contribution < 1.29 is 4.74 Å². The monoisotopic (exact) mass is 340 g/mol. The normalized spacial score (nSPS) is 36.1. The summed E-state index contributed by atoms with van der Waals surface area (Å²) < 4.78 is 5.69. The molecule has 1 aromatic rings. The van der Waals surface area contributed by atoms with Crippen molar-refractivity contribution in [1.82, 2.24) is 0 Å². The van der Waals surface area contributed by atoms with E-state index < -0.39 is 0 Å². The second kappa shape index (κ2) is 6.41. The van der Waals surface area contributed by atoms with Gasteiger partial charge in [-0.1, -0.05) is 52.3 Å². The summed E-state index contributed by atoms with van der Waals surface area (Å²) in [4.78, 5) is 0. The van der Waals surface area contributed by atoms with Gasteiger partial charge in [-0.25, -0.2) is 0 Å². The molecule has 1 nitrogen and oxygen atoms in total. The van der Waals surface area contributed by atoms with Crippen LogP contribution < -0.4 is 0 Å². The highest BCUT2D eigenvalue weighted by atomic mass is 16.5. The molecular weight excluding hydrogens is 304 g/mol. The van der Waals surface area contributed by atoms with Crippen molar-refractivity contribution in [3.63, 3.8) is 0 Å². The lowest BCUT2D eigenvalue weighted by Gasteiger charge is -2.58. The van der Waals surface area contributed by atoms with Crippen LogP contribution in [-0.2, 0) is 16.6 Å². The van der Waals surface area contributed by atoms with Gasteiger partial charge in [0.25, 0.3) is 0 Å². The number of hydrogen-bond donors (Lipinski definition) is 0. The first-order valence-electron chi connectivity index (χ1n) is 10.7. The molecule has 0 unspecified atom stereocenters. The van der Waals surface area contributed by atoms with Crippen LogP contribution in [0.2, 0.25) is 0 Å². The Morgan fingerprint density at radius 2 is 1.80 bits per heavy atom. The van der Waals surface area contributed by atoms with Crippen LogP contribution in [0.1, 0.15) is 88.8 Å². The van der Waals surface area contributed by atoms with E-state index in [0.717, 1.165) is 25.0 Å². The predicted molar refractivity (Wildman–Crippen MR) is 105 cm³/mol. The topological polar surface area (TPSA) is 9.23 Å². The van der Waals surface area contributed by atoms with Gasteiger partial charge in [0.15, 0.2) is 0 Å². The van der Waals surface area contributed by atoms with Crippen LogP contribution in [0.15, 0.2) is 18.2 Å². The summed E-state index contributed by atoms with van der Waals surface area (Å²) >= 11 is 0. The van der Waals surface area contributed by atoms with Gasteiger partial charge < -0.3 is 4.74 Å². The minimum atomic E-state index is 0.383. The van der Waals surface area contributed by atoms with E-state index in [4.69, 9.17) is 4.74 Å². The second-order valence-corrected chi connectivity index (χ2v) is 9.83. The first-order valence-corrected chi connectivity index (χ1v) is 10.7. The van der Waals surface area contributed by atoms with E-state index in [-0.39, 0.29) is 0 Å². The van der Waals surface area contributed by atoms with E-state index in [2.05, 4.69) is 45.9 Å². The van der Waals surface area contributed by atoms with Gasteiger partial charge in [0, 0.05) is 13.2 Å². The zero-order valence-corrected chi connectivity index (χ0v) is 16.7. The molecule has 1 aliphatic heterocycles. The van der Waals surface area contributed by atoms with Crippen LogP contribution in [0.4, 0.5) is 0 Å². The fraction of sp³-hybridized carbons (Fsp3) is 0.750. The van der Waals surface area contributed by atoms with Crippen molar-refractivity contribution in [1.29, 1.82) is 0 Å². The summed E-state index contributed by atoms with van der Waals surface area (Å²) in [6.45, 7) is 11.8. The summed E-state index contributed by atoms with van der Waals surface area (Å²) in [5, 5.41) is 0. The molecule has 0 spiro atoms. The Bertz CT molecular complexity index is 627. The summed E-state index contributed by atoms with van der Waals surface area (Å²) in [5.74, 6) is 2.34. The zero-order valence-electron chi connectivity index (χ0n) is 16.7. The molecule has 0 N–H and O–H groups in total. The Morgan fingerprint density at radius 3 is 2.52 bits per heavy atom. The number of rotatable bonds is 2. The lowest BCUT2D eigenvalue weighted by Crippen LogP contribution is -2.52. The molecule has 2 aliphatic carbocycles. The number of fused-ring (bicyclic) bond motifs is 3. The molecule has 25 heavy (non-hydrogen) atoms. The molecule has 1 heteroatoms. The van der Waals surface area contributed by atoms with Gasteiger partial charge >= 0.3 is 0 Å². The van der Waals surface area contributed by atoms with Crippen LogP contribution >= 0.6 is 0 Å². The molecule has 1 aromatic carbocycles. The van der Waals surface area contributed by atoms with Crippen LogP contribution in [0.5, 0.6) is 0 Å². The Kier molecular flexibility index (Phi) is 4.51. The first kappa shape index (κ1) is 17.6. The zero-order chi connectivity index (χ0) is 17.7. The van der Waals surface area contributed by atoms with Crippen molar-refractivity contribution in [2.24, 2.45) is 17.3 Å². The third kappa shape index (κ3) is 2.78. The Hall–Kier alpha value is -0.820. The molecule has 3 aliphatic rings. The van der Waals surface area contributed by atoms with Gasteiger partial charge in [-0.3, -0.25) is 0 Å². The summed E-state index contributed by atoms with van der Waals surface area (Å²) in [7, 11) is 0. The highest BCUT2D eigenvalue weighted by Gasteiger charge is 2.54. The maximum atomic E-state index is 5.69. The molecule has 0 amide bonds. The summed E-state index contributed by atoms with van der Waals surface area (Å²) in [5.41, 5.74) is 5.75. The third-order valence-corrected chi connectivity index (χ3v) is 8.24. The van der Waals surface area contributed by atoms with E-state index >= 15 is 0 Å². The second-order valence-electron chi connectivity index (χ2n) is 9.83. The SMILES string of the molecule is CC(C)c1ccc2c(c1)CC[C@@H]1[C@]2(C)CCC[C@]1(C)C1CCOCC1. The summed E-state index contributed by atoms with van der Waals surface area (Å²) in [6.07, 6.45) is 9.44. The summed E-state index contributed by atoms with van der Waals surface area (Å²) in [6, 6.07) is 7.45. The highest BCUT2D eigenvalue weighted by molar-refractivity contribution is 5.42. The lowest BCUT2D eigenvalue weighted by atomic mass is 9.46. The minimum absolute atomic E-state index is 0.383. The van der Waals surface area contributed by atoms with Crippen LogP contribution in [-0.4, -0.2) is 13.2 Å². The number of hydrogen-bond acceptors (Lipinski definition) is 1. The molecule has 1 saturated carbocycles. The van der Waals surface area contributed by atoms with Gasteiger partial charge in [0.1, 0.15) is 0 Å². The average Bonchev–Trinajstić information content (AvgIpc) is 2.62. The van der Waals surface area contributed by atoms with Gasteiger partial charge in [-0.2, -0.15) is 0 Å².